The number of H-pyrrole nitrogens is 1. The van der Waals surface area contributed by atoms with E-state index in [2.05, 4.69) is 23.8 Å². The Morgan fingerprint density at radius 3 is 2.70 bits per heavy atom. The summed E-state index contributed by atoms with van der Waals surface area (Å²) < 4.78 is 5.23. The van der Waals surface area contributed by atoms with Crippen molar-refractivity contribution < 1.29 is 9.53 Å². The van der Waals surface area contributed by atoms with E-state index in [1.807, 2.05) is 36.7 Å². The molecule has 0 aliphatic heterocycles. The lowest BCUT2D eigenvalue weighted by molar-refractivity contribution is -0.131. The number of benzene rings is 2. The van der Waals surface area contributed by atoms with Crippen LogP contribution in [0, 0.1) is 13.8 Å². The van der Waals surface area contributed by atoms with Gasteiger partial charge in [-0.05, 0) is 54.6 Å². The summed E-state index contributed by atoms with van der Waals surface area (Å²) in [5.41, 5.74) is 4.54. The predicted molar refractivity (Wildman–Crippen MR) is 91.9 cm³/mol. The second-order valence-electron chi connectivity index (χ2n) is 5.85. The van der Waals surface area contributed by atoms with Gasteiger partial charge in [0.2, 0.25) is 0 Å². The number of aromatic nitrogens is 2. The molecule has 0 radical (unpaired) electrons. The standard InChI is InChI=1S/C19H16N2O2/c1-10-16-9-20-7-6-14(16)11(2)19-18(10)15-8-13(23-12(3)22)4-5-17(15)21-19/h4-9,21H,1-3H3. The predicted octanol–water partition coefficient (Wildman–Crippen LogP) is 4.41. The average Bonchev–Trinajstić information content (AvgIpc) is 2.91. The molecule has 4 heteroatoms. The van der Waals surface area contributed by atoms with Crippen LogP contribution in [0.15, 0.2) is 36.7 Å². The molecule has 1 N–H and O–H groups in total. The van der Waals surface area contributed by atoms with Gasteiger partial charge < -0.3 is 9.72 Å². The van der Waals surface area contributed by atoms with Crippen molar-refractivity contribution in [3.8, 4) is 5.75 Å². The van der Waals surface area contributed by atoms with Crippen LogP contribution in [0.3, 0.4) is 0 Å². The van der Waals surface area contributed by atoms with Gasteiger partial charge in [-0.1, -0.05) is 0 Å². The number of carbonyl (C=O) groups is 1. The fourth-order valence-electron chi connectivity index (χ4n) is 3.36. The van der Waals surface area contributed by atoms with E-state index in [9.17, 15) is 4.79 Å². The van der Waals surface area contributed by atoms with Gasteiger partial charge in [0.15, 0.2) is 0 Å². The van der Waals surface area contributed by atoms with E-state index >= 15 is 0 Å². The molecule has 0 aliphatic carbocycles. The monoisotopic (exact) mass is 304 g/mol. The molecule has 0 fully saturated rings. The van der Waals surface area contributed by atoms with Crippen molar-refractivity contribution in [3.05, 3.63) is 47.8 Å². The largest absolute Gasteiger partial charge is 0.427 e. The van der Waals surface area contributed by atoms with Crippen molar-refractivity contribution >= 4 is 38.5 Å². The summed E-state index contributed by atoms with van der Waals surface area (Å²) in [5.74, 6) is 0.251. The lowest BCUT2D eigenvalue weighted by Gasteiger charge is -2.08. The van der Waals surface area contributed by atoms with Gasteiger partial charge in [0, 0.05) is 41.0 Å². The number of esters is 1. The number of nitrogens with one attached hydrogen (secondary N) is 1. The van der Waals surface area contributed by atoms with Crippen molar-refractivity contribution in [2.24, 2.45) is 0 Å². The van der Waals surface area contributed by atoms with Gasteiger partial charge in [-0.2, -0.15) is 0 Å². The Balaban J connectivity index is 2.15. The summed E-state index contributed by atoms with van der Waals surface area (Å²) in [7, 11) is 0. The minimum atomic E-state index is -0.313. The zero-order chi connectivity index (χ0) is 16.1. The summed E-state index contributed by atoms with van der Waals surface area (Å²) >= 11 is 0. The number of carbonyl (C=O) groups excluding carboxylic acids is 1. The molecule has 0 saturated heterocycles. The Hall–Kier alpha value is -2.88. The third kappa shape index (κ3) is 1.99. The molecule has 0 atom stereocenters. The molecule has 2 heterocycles. The van der Waals surface area contributed by atoms with E-state index < -0.39 is 0 Å². The Labute approximate surface area is 133 Å². The molecule has 0 unspecified atom stereocenters. The van der Waals surface area contributed by atoms with Crippen molar-refractivity contribution in [2.45, 2.75) is 20.8 Å². The van der Waals surface area contributed by atoms with E-state index in [0.717, 1.165) is 27.2 Å². The van der Waals surface area contributed by atoms with Crippen LogP contribution in [0.5, 0.6) is 5.75 Å². The minimum absolute atomic E-state index is 0.313. The maximum atomic E-state index is 11.2. The first-order valence-electron chi connectivity index (χ1n) is 7.53. The average molecular weight is 304 g/mol. The summed E-state index contributed by atoms with van der Waals surface area (Å²) in [5, 5.41) is 4.57. The number of fused-ring (bicyclic) bond motifs is 4. The van der Waals surface area contributed by atoms with Gasteiger partial charge in [0.25, 0.3) is 0 Å². The Morgan fingerprint density at radius 2 is 1.91 bits per heavy atom. The van der Waals surface area contributed by atoms with E-state index in [-0.39, 0.29) is 5.97 Å². The first-order valence-corrected chi connectivity index (χ1v) is 7.53. The Bertz CT molecular complexity index is 1090. The number of pyridine rings is 1. The second kappa shape index (κ2) is 4.81. The number of aryl methyl sites for hydroxylation is 2. The molecule has 0 aliphatic rings. The molecule has 4 nitrogen and oxygen atoms in total. The third-order valence-electron chi connectivity index (χ3n) is 4.41. The maximum absolute atomic E-state index is 11.2. The molecule has 0 bridgehead atoms. The fourth-order valence-corrected chi connectivity index (χ4v) is 3.36. The van der Waals surface area contributed by atoms with E-state index in [0.29, 0.717) is 5.75 Å². The number of rotatable bonds is 1. The highest BCUT2D eigenvalue weighted by Crippen LogP contribution is 2.37. The third-order valence-corrected chi connectivity index (χ3v) is 4.41. The molecule has 23 heavy (non-hydrogen) atoms. The van der Waals surface area contributed by atoms with Crippen LogP contribution in [0.25, 0.3) is 32.6 Å². The van der Waals surface area contributed by atoms with Gasteiger partial charge in [-0.15, -0.1) is 0 Å². The molecule has 2 aromatic carbocycles. The molecule has 0 saturated carbocycles. The Morgan fingerprint density at radius 1 is 1.09 bits per heavy atom. The van der Waals surface area contributed by atoms with Crippen LogP contribution >= 0.6 is 0 Å². The molecule has 114 valence electrons. The van der Waals surface area contributed by atoms with E-state index in [1.165, 1.54) is 23.4 Å². The highest BCUT2D eigenvalue weighted by atomic mass is 16.5. The quantitative estimate of drug-likeness (QED) is 0.418. The first kappa shape index (κ1) is 13.8. The minimum Gasteiger partial charge on any atom is -0.427 e. The summed E-state index contributed by atoms with van der Waals surface area (Å²) in [6.07, 6.45) is 3.73. The molecule has 0 spiro atoms. The molecule has 4 aromatic rings. The molecule has 4 rings (SSSR count). The highest BCUT2D eigenvalue weighted by Gasteiger charge is 2.14. The Kier molecular flexibility index (Phi) is 2.88. The van der Waals surface area contributed by atoms with Crippen LogP contribution < -0.4 is 4.74 Å². The van der Waals surface area contributed by atoms with Gasteiger partial charge in [0.1, 0.15) is 5.75 Å². The lowest BCUT2D eigenvalue weighted by atomic mass is 9.97. The van der Waals surface area contributed by atoms with E-state index in [1.54, 1.807) is 0 Å². The summed E-state index contributed by atoms with van der Waals surface area (Å²) in [6.45, 7) is 5.64. The number of nitrogens with zero attached hydrogens (tertiary/aromatic N) is 1. The van der Waals surface area contributed by atoms with Gasteiger partial charge >= 0.3 is 5.97 Å². The fraction of sp³-hybridized carbons (Fsp3) is 0.158. The lowest BCUT2D eigenvalue weighted by Crippen LogP contribution is -2.00. The number of ether oxygens (including phenoxy) is 1. The molecule has 2 aromatic heterocycles. The SMILES string of the molecule is CC(=O)Oc1ccc2[nH]c3c(C)c4ccncc4c(C)c3c2c1. The van der Waals surface area contributed by atoms with Crippen molar-refractivity contribution in [2.75, 3.05) is 0 Å². The summed E-state index contributed by atoms with van der Waals surface area (Å²) in [4.78, 5) is 19.0. The van der Waals surface area contributed by atoms with Crippen LogP contribution in [-0.4, -0.2) is 15.9 Å². The summed E-state index contributed by atoms with van der Waals surface area (Å²) in [6, 6.07) is 7.73. The zero-order valence-electron chi connectivity index (χ0n) is 13.2. The smallest absolute Gasteiger partial charge is 0.308 e. The first-order chi connectivity index (χ1) is 11.1. The van der Waals surface area contributed by atoms with Crippen LogP contribution in [0.2, 0.25) is 0 Å². The van der Waals surface area contributed by atoms with Crippen molar-refractivity contribution in [1.29, 1.82) is 0 Å². The van der Waals surface area contributed by atoms with Gasteiger partial charge in [-0.25, -0.2) is 0 Å². The zero-order valence-corrected chi connectivity index (χ0v) is 13.2. The number of hydrogen-bond acceptors (Lipinski definition) is 3. The molecule has 0 amide bonds. The van der Waals surface area contributed by atoms with Crippen LogP contribution in [-0.2, 0) is 4.79 Å². The topological polar surface area (TPSA) is 55.0 Å². The van der Waals surface area contributed by atoms with Gasteiger partial charge in [0.05, 0.1) is 5.52 Å². The van der Waals surface area contributed by atoms with E-state index in [4.69, 9.17) is 4.74 Å². The normalized spacial score (nSPS) is 11.4. The molecular weight excluding hydrogens is 288 g/mol. The maximum Gasteiger partial charge on any atom is 0.308 e. The molecular formula is C19H16N2O2. The van der Waals surface area contributed by atoms with Crippen molar-refractivity contribution in [3.63, 3.8) is 0 Å². The highest BCUT2D eigenvalue weighted by molar-refractivity contribution is 6.16. The number of hydrogen-bond donors (Lipinski definition) is 1. The number of aromatic amines is 1. The van der Waals surface area contributed by atoms with Crippen molar-refractivity contribution in [1.82, 2.24) is 9.97 Å². The van der Waals surface area contributed by atoms with Crippen LogP contribution in [0.1, 0.15) is 18.1 Å². The van der Waals surface area contributed by atoms with Gasteiger partial charge in [-0.3, -0.25) is 9.78 Å². The van der Waals surface area contributed by atoms with Crippen LogP contribution in [0.4, 0.5) is 0 Å². The second-order valence-corrected chi connectivity index (χ2v) is 5.85.